The lowest BCUT2D eigenvalue weighted by molar-refractivity contribution is -0.605. The van der Waals surface area contributed by atoms with E-state index in [4.69, 9.17) is 16.6 Å². The zero-order valence-electron chi connectivity index (χ0n) is 18.9. The number of aromatic nitrogens is 2. The molecule has 1 N–H and O–H groups in total. The number of carbonyl (C=O) groups is 1. The monoisotopic (exact) mass is 619 g/mol. The molecule has 2 aliphatic rings. The van der Waals surface area contributed by atoms with Gasteiger partial charge in [-0.2, -0.15) is 4.73 Å². The van der Waals surface area contributed by atoms with Crippen molar-refractivity contribution in [2.24, 2.45) is 5.92 Å². The van der Waals surface area contributed by atoms with Gasteiger partial charge in [-0.25, -0.2) is 0 Å². The molecule has 35 heavy (non-hydrogen) atoms. The molecule has 1 aliphatic carbocycles. The number of piperidine rings is 1. The number of benzene rings is 1. The number of nitrogens with zero attached hydrogens (tertiary/aromatic N) is 3. The molecule has 1 saturated heterocycles. The first-order chi connectivity index (χ1) is 16.8. The summed E-state index contributed by atoms with van der Waals surface area (Å²) >= 11 is 13.6. The fourth-order valence-electron chi connectivity index (χ4n) is 5.40. The minimum absolute atomic E-state index is 0.0253. The van der Waals surface area contributed by atoms with E-state index in [2.05, 4.69) is 31.9 Å². The van der Waals surface area contributed by atoms with Crippen molar-refractivity contribution in [3.63, 3.8) is 0 Å². The molecule has 2 aromatic heterocycles. The predicted molar refractivity (Wildman–Crippen MR) is 140 cm³/mol. The molecule has 1 aromatic carbocycles. The van der Waals surface area contributed by atoms with Crippen LogP contribution in [0.2, 0.25) is 5.02 Å². The van der Waals surface area contributed by atoms with E-state index < -0.39 is 5.60 Å². The molecule has 182 valence electrons. The number of amides is 1. The van der Waals surface area contributed by atoms with Crippen LogP contribution in [-0.4, -0.2) is 34.0 Å². The molecular formula is C26H24Br2ClN3O3. The van der Waals surface area contributed by atoms with E-state index in [0.29, 0.717) is 41.4 Å². The van der Waals surface area contributed by atoms with Gasteiger partial charge in [0.1, 0.15) is 5.60 Å². The van der Waals surface area contributed by atoms with E-state index >= 15 is 0 Å². The number of likely N-dealkylation sites (tertiary alicyclic amines) is 1. The molecule has 1 unspecified atom stereocenters. The lowest BCUT2D eigenvalue weighted by Crippen LogP contribution is -2.47. The predicted octanol–water partition coefficient (Wildman–Crippen LogP) is 4.71. The minimum atomic E-state index is -1.29. The fourth-order valence-corrected chi connectivity index (χ4v) is 6.50. The summed E-state index contributed by atoms with van der Waals surface area (Å²) in [5.41, 5.74) is 3.07. The molecular weight excluding hydrogens is 598 g/mol. The first-order valence-corrected chi connectivity index (χ1v) is 13.5. The molecule has 9 heteroatoms. The summed E-state index contributed by atoms with van der Waals surface area (Å²) in [6.45, 7) is 1.10. The Kier molecular flexibility index (Phi) is 6.92. The van der Waals surface area contributed by atoms with Gasteiger partial charge in [-0.1, -0.05) is 17.7 Å². The van der Waals surface area contributed by atoms with Crippen molar-refractivity contribution >= 4 is 49.4 Å². The van der Waals surface area contributed by atoms with Crippen LogP contribution >= 0.6 is 43.5 Å². The molecule has 1 fully saturated rings. The molecule has 3 heterocycles. The molecule has 5 rings (SSSR count). The number of rotatable bonds is 3. The SMILES string of the molecule is O=C(Cc1cc[n+]([O-])cc1)N1CCC(C2(O)c3ccc(Cl)c(Br)c3CCc3cc(Br)cnc32)CC1. The first-order valence-electron chi connectivity index (χ1n) is 11.6. The molecule has 0 spiro atoms. The normalized spacial score (nSPS) is 20.2. The molecule has 0 bridgehead atoms. The van der Waals surface area contributed by atoms with Crippen molar-refractivity contribution in [3.05, 3.63) is 96.0 Å². The van der Waals surface area contributed by atoms with Gasteiger partial charge >= 0.3 is 0 Å². The summed E-state index contributed by atoms with van der Waals surface area (Å²) in [5, 5.41) is 24.4. The summed E-state index contributed by atoms with van der Waals surface area (Å²) in [5.74, 6) is -0.0858. The number of halogens is 3. The van der Waals surface area contributed by atoms with Crippen LogP contribution in [0.25, 0.3) is 0 Å². The topological polar surface area (TPSA) is 80.4 Å². The third-order valence-electron chi connectivity index (χ3n) is 7.21. The van der Waals surface area contributed by atoms with Crippen molar-refractivity contribution in [1.82, 2.24) is 9.88 Å². The van der Waals surface area contributed by atoms with E-state index in [9.17, 15) is 15.1 Å². The van der Waals surface area contributed by atoms with E-state index in [1.165, 1.54) is 12.4 Å². The van der Waals surface area contributed by atoms with Crippen LogP contribution in [0, 0.1) is 11.1 Å². The summed E-state index contributed by atoms with van der Waals surface area (Å²) in [6.07, 6.45) is 7.58. The zero-order chi connectivity index (χ0) is 24.7. The van der Waals surface area contributed by atoms with Crippen molar-refractivity contribution in [2.45, 2.75) is 37.7 Å². The van der Waals surface area contributed by atoms with Gasteiger partial charge in [0, 0.05) is 46.3 Å². The van der Waals surface area contributed by atoms with Gasteiger partial charge in [-0.3, -0.25) is 9.78 Å². The Morgan fingerprint density at radius 1 is 1.20 bits per heavy atom. The highest BCUT2D eigenvalue weighted by Crippen LogP contribution is 2.48. The number of aliphatic hydroxyl groups is 1. The Balaban J connectivity index is 1.44. The Hall–Kier alpha value is -2.00. The molecule has 0 radical (unpaired) electrons. The van der Waals surface area contributed by atoms with Crippen LogP contribution in [-0.2, 0) is 29.7 Å². The van der Waals surface area contributed by atoms with Gasteiger partial charge in [0.25, 0.3) is 0 Å². The fraction of sp³-hybridized carbons (Fsp3) is 0.346. The molecule has 3 aromatic rings. The van der Waals surface area contributed by atoms with E-state index in [-0.39, 0.29) is 18.2 Å². The summed E-state index contributed by atoms with van der Waals surface area (Å²) in [6, 6.07) is 9.14. The highest BCUT2D eigenvalue weighted by atomic mass is 79.9. The average Bonchev–Trinajstić information content (AvgIpc) is 2.98. The second kappa shape index (κ2) is 9.81. The Morgan fingerprint density at radius 2 is 1.91 bits per heavy atom. The van der Waals surface area contributed by atoms with Crippen LogP contribution in [0.3, 0.4) is 0 Å². The number of carbonyl (C=O) groups excluding carboxylic acids is 1. The molecule has 1 atom stereocenters. The maximum atomic E-state index is 12.9. The minimum Gasteiger partial charge on any atom is -0.619 e. The second-order valence-corrected chi connectivity index (χ2v) is 11.3. The van der Waals surface area contributed by atoms with Crippen molar-refractivity contribution in [2.75, 3.05) is 13.1 Å². The van der Waals surface area contributed by atoms with E-state index in [1.54, 1.807) is 18.3 Å². The maximum Gasteiger partial charge on any atom is 0.226 e. The molecule has 6 nitrogen and oxygen atoms in total. The number of hydrogen-bond donors (Lipinski definition) is 1. The Bertz CT molecular complexity index is 1280. The maximum absolute atomic E-state index is 12.9. The lowest BCUT2D eigenvalue weighted by atomic mass is 9.72. The van der Waals surface area contributed by atoms with Gasteiger partial charge in [0.05, 0.1) is 17.1 Å². The largest absolute Gasteiger partial charge is 0.619 e. The third kappa shape index (κ3) is 4.61. The first kappa shape index (κ1) is 24.7. The Labute approximate surface area is 225 Å². The number of pyridine rings is 2. The summed E-state index contributed by atoms with van der Waals surface area (Å²) in [4.78, 5) is 19.5. The standard InChI is InChI=1S/C26H24Br2ClN3O3/c27-19-14-17-1-2-20-21(3-4-22(29)24(20)28)26(34,25(17)30-15-19)18-7-9-31(10-8-18)23(33)13-16-5-11-32(35)12-6-16/h3-6,11-12,14-15,18,34H,1-2,7-10,13H2. The van der Waals surface area contributed by atoms with Crippen molar-refractivity contribution in [3.8, 4) is 0 Å². The summed E-state index contributed by atoms with van der Waals surface area (Å²) in [7, 11) is 0. The van der Waals surface area contributed by atoms with Crippen LogP contribution in [0.4, 0.5) is 0 Å². The molecule has 0 saturated carbocycles. The van der Waals surface area contributed by atoms with Gasteiger partial charge in [-0.15, -0.1) is 0 Å². The van der Waals surface area contributed by atoms with Crippen LogP contribution in [0.1, 0.15) is 40.8 Å². The van der Waals surface area contributed by atoms with E-state index in [1.807, 2.05) is 23.1 Å². The highest BCUT2D eigenvalue weighted by molar-refractivity contribution is 9.10. The lowest BCUT2D eigenvalue weighted by Gasteiger charge is -2.42. The smallest absolute Gasteiger partial charge is 0.226 e. The van der Waals surface area contributed by atoms with Gasteiger partial charge in [0.15, 0.2) is 12.4 Å². The highest BCUT2D eigenvalue weighted by Gasteiger charge is 2.47. The van der Waals surface area contributed by atoms with Gasteiger partial charge in [-0.05, 0) is 91.9 Å². The van der Waals surface area contributed by atoms with Crippen LogP contribution in [0.5, 0.6) is 0 Å². The quantitative estimate of drug-likeness (QED) is 0.340. The Morgan fingerprint density at radius 3 is 2.63 bits per heavy atom. The third-order valence-corrected chi connectivity index (χ3v) is 9.09. The van der Waals surface area contributed by atoms with E-state index in [0.717, 1.165) is 44.0 Å². The van der Waals surface area contributed by atoms with Gasteiger partial charge in [0.2, 0.25) is 5.91 Å². The average molecular weight is 622 g/mol. The zero-order valence-corrected chi connectivity index (χ0v) is 22.8. The van der Waals surface area contributed by atoms with Crippen molar-refractivity contribution in [1.29, 1.82) is 0 Å². The van der Waals surface area contributed by atoms with Crippen LogP contribution < -0.4 is 4.73 Å². The molecule has 1 aliphatic heterocycles. The number of hydrogen-bond acceptors (Lipinski definition) is 4. The van der Waals surface area contributed by atoms with Crippen molar-refractivity contribution < 1.29 is 14.6 Å². The number of aryl methyl sites for hydroxylation is 1. The summed E-state index contributed by atoms with van der Waals surface area (Å²) < 4.78 is 2.41. The van der Waals surface area contributed by atoms with Crippen LogP contribution in [0.15, 0.2) is 57.9 Å². The molecule has 1 amide bonds. The van der Waals surface area contributed by atoms with Gasteiger partial charge < -0.3 is 15.2 Å². The second-order valence-electron chi connectivity index (χ2n) is 9.21. The number of fused-ring (bicyclic) bond motifs is 2.